The molecule has 6 atom stereocenters. The van der Waals surface area contributed by atoms with Gasteiger partial charge < -0.3 is 55.9 Å². The van der Waals surface area contributed by atoms with Gasteiger partial charge in [-0.1, -0.05) is 41.6 Å². The molecule has 3 aliphatic heterocycles. The first-order valence-corrected chi connectivity index (χ1v) is 29.0. The lowest BCUT2D eigenvalue weighted by Gasteiger charge is -2.27. The second kappa shape index (κ2) is 28.6. The molecule has 460 valence electrons. The fourth-order valence-electron chi connectivity index (χ4n) is 10.7. The molecular formula is C58H65FN11O16S+. The first kappa shape index (κ1) is 64.2. The van der Waals surface area contributed by atoms with Gasteiger partial charge in [0.15, 0.2) is 0 Å². The molecule has 0 spiro atoms. The smallest absolute Gasteiger partial charge is 0.363 e. The van der Waals surface area contributed by atoms with Crippen molar-refractivity contribution in [2.45, 2.75) is 113 Å². The van der Waals surface area contributed by atoms with Crippen molar-refractivity contribution in [3.05, 3.63) is 102 Å². The number of imide groups is 1. The molecule has 1 saturated heterocycles. The summed E-state index contributed by atoms with van der Waals surface area (Å²) >= 11 is 1.02. The molecule has 4 aliphatic rings. The van der Waals surface area contributed by atoms with Crippen molar-refractivity contribution in [1.82, 2.24) is 46.4 Å². The quantitative estimate of drug-likeness (QED) is 0.00812. The number of likely N-dealkylation sites (tertiary alicyclic amines) is 1. The molecule has 8 amide bonds. The van der Waals surface area contributed by atoms with Crippen LogP contribution in [0.1, 0.15) is 90.3 Å². The third-order valence-electron chi connectivity index (χ3n) is 15.0. The second-order valence-corrected chi connectivity index (χ2v) is 22.3. The maximum absolute atomic E-state index is 15.4. The van der Waals surface area contributed by atoms with E-state index in [1.807, 2.05) is 0 Å². The minimum atomic E-state index is -2.46. The van der Waals surface area contributed by atoms with Gasteiger partial charge in [-0.25, -0.2) is 19.2 Å². The molecule has 0 radical (unpaired) electrons. The number of amides is 8. The first-order chi connectivity index (χ1) is 41.6. The lowest BCUT2D eigenvalue weighted by molar-refractivity contribution is -0.165. The molecule has 1 fully saturated rings. The summed E-state index contributed by atoms with van der Waals surface area (Å²) in [6.07, 6.45) is 2.39. The number of aliphatic imine (C=N–C) groups is 1. The highest BCUT2D eigenvalue weighted by atomic mass is 32.2. The Labute approximate surface area is 500 Å². The number of nitrogens with one attached hydrogen (secondary N) is 6. The van der Waals surface area contributed by atoms with Gasteiger partial charge in [-0.05, 0) is 67.9 Å². The molecule has 2 aromatic heterocycles. The highest BCUT2D eigenvalue weighted by Crippen LogP contribution is 2.46. The number of pyridine rings is 2. The number of aromatic nitrogens is 2. The molecule has 87 heavy (non-hydrogen) atoms. The van der Waals surface area contributed by atoms with Crippen molar-refractivity contribution in [1.29, 1.82) is 0 Å². The van der Waals surface area contributed by atoms with E-state index in [2.05, 4.69) is 47.8 Å². The highest BCUT2D eigenvalue weighted by molar-refractivity contribution is 8.00. The van der Waals surface area contributed by atoms with Crippen molar-refractivity contribution in [2.24, 2.45) is 4.99 Å². The summed E-state index contributed by atoms with van der Waals surface area (Å²) in [5, 5.41) is 44.8. The number of aryl methyl sites for hydroxylation is 1. The van der Waals surface area contributed by atoms with Crippen LogP contribution in [0, 0.1) is 18.8 Å². The number of fused-ring (bicyclic) bond motifs is 5. The van der Waals surface area contributed by atoms with E-state index in [-0.39, 0.29) is 60.8 Å². The van der Waals surface area contributed by atoms with Crippen molar-refractivity contribution in [2.75, 3.05) is 52.3 Å². The average molecular weight is 1220 g/mol. The number of carboxylic acid groups (broad SMARTS) is 1. The minimum absolute atomic E-state index is 0.00625. The monoisotopic (exact) mass is 1220 g/mol. The number of esters is 1. The van der Waals surface area contributed by atoms with Crippen LogP contribution in [0.15, 0.2) is 52.3 Å². The predicted molar refractivity (Wildman–Crippen MR) is 309 cm³/mol. The van der Waals surface area contributed by atoms with Crippen LogP contribution in [0.25, 0.3) is 27.1 Å². The van der Waals surface area contributed by atoms with Gasteiger partial charge in [-0.2, -0.15) is 0 Å². The van der Waals surface area contributed by atoms with Crippen LogP contribution in [0.2, 0.25) is 0 Å². The summed E-state index contributed by atoms with van der Waals surface area (Å²) in [5.41, 5.74) is 0.950. The molecule has 2 aromatic carbocycles. The van der Waals surface area contributed by atoms with E-state index in [0.717, 1.165) is 22.2 Å². The maximum atomic E-state index is 15.4. The van der Waals surface area contributed by atoms with Crippen LogP contribution in [-0.2, 0) is 89.0 Å². The number of thioether (sulfide) groups is 1. The summed E-state index contributed by atoms with van der Waals surface area (Å²) in [4.78, 5) is 155. The molecule has 3 unspecified atom stereocenters. The molecule has 1 aliphatic carbocycles. The number of aliphatic hydroxyl groups excluding tert-OH is 1. The van der Waals surface area contributed by atoms with E-state index in [9.17, 15) is 68.1 Å². The number of cyclic esters (lactones) is 1. The number of benzene rings is 2. The normalized spacial score (nSPS) is 18.3. The van der Waals surface area contributed by atoms with E-state index in [4.69, 9.17) is 14.5 Å². The van der Waals surface area contributed by atoms with Crippen molar-refractivity contribution >= 4 is 88.1 Å². The number of halogens is 1. The van der Waals surface area contributed by atoms with Gasteiger partial charge in [0.05, 0.1) is 53.9 Å². The summed E-state index contributed by atoms with van der Waals surface area (Å²) < 4.78 is 27.4. The zero-order valence-electron chi connectivity index (χ0n) is 47.7. The number of carboxylic acids is 1. The number of hydrogen-bond donors (Lipinski definition) is 9. The first-order valence-electron chi connectivity index (χ1n) is 27.9. The molecule has 9 N–H and O–H groups in total. The summed E-state index contributed by atoms with van der Waals surface area (Å²) in [5.74, 6) is -8.19. The molecule has 0 saturated carbocycles. The molecular weight excluding hydrogens is 1160 g/mol. The van der Waals surface area contributed by atoms with Gasteiger partial charge in [0.2, 0.25) is 41.4 Å². The minimum Gasteiger partial charge on any atom is -0.480 e. The van der Waals surface area contributed by atoms with E-state index in [1.54, 1.807) is 37.3 Å². The van der Waals surface area contributed by atoms with Crippen LogP contribution in [0.5, 0.6) is 0 Å². The van der Waals surface area contributed by atoms with Crippen LogP contribution in [0.3, 0.4) is 0 Å². The van der Waals surface area contributed by atoms with Gasteiger partial charge in [0, 0.05) is 66.3 Å². The molecule has 0 bridgehead atoms. The third-order valence-corrected chi connectivity index (χ3v) is 16.3. The van der Waals surface area contributed by atoms with Crippen molar-refractivity contribution < 1.29 is 77.1 Å². The lowest BCUT2D eigenvalue weighted by Crippen LogP contribution is -2.52. The SMILES string of the molecule is C[N+]#C[C@@]1(O)C(=O)OCc2c1cc1n(c2=O)Cc2c-1nc1cc(F)c(C)c3c1c2C(C=NC(=O)COCNC(=O)CNC(=O)[C@H](Cc1ccccc1)NC(=O)CNC(=O)CNC(=O)CCCCCN1C(=O)CC(SC[C@H](NC(C)O)C(=O)O)C1=O)CC3. The number of aliphatic carboxylic acids is 1. The fraction of sp³-hybridized carbons (Fsp3) is 0.448. The Morgan fingerprint density at radius 3 is 2.41 bits per heavy atom. The van der Waals surface area contributed by atoms with Gasteiger partial charge >= 0.3 is 23.6 Å². The van der Waals surface area contributed by atoms with E-state index in [1.165, 1.54) is 36.9 Å². The second-order valence-electron chi connectivity index (χ2n) is 21.1. The third kappa shape index (κ3) is 15.2. The highest BCUT2D eigenvalue weighted by Gasteiger charge is 2.51. The number of unbranched alkanes of at least 4 members (excludes halogenated alkanes) is 2. The lowest BCUT2D eigenvalue weighted by atomic mass is 9.78. The van der Waals surface area contributed by atoms with Crippen LogP contribution in [0.4, 0.5) is 4.39 Å². The Morgan fingerprint density at radius 2 is 1.68 bits per heavy atom. The van der Waals surface area contributed by atoms with Crippen molar-refractivity contribution in [3.8, 4) is 17.5 Å². The number of nitrogens with zero attached hydrogens (tertiary/aromatic N) is 5. The standard InChI is InChI=1S/C58H64FN11O16S/c1-30-34-14-13-33(50-35-24-70-42(52(35)68-39(51(34)50)18-38(30)59)17-37-36(54(70)79)25-86-57(83)58(37,84)28-60-3)20-61-48(76)26-85-29-65-46(74)22-64-53(78)40(16-32-10-6-4-7-11-32)67-47(75)23-63-45(73)21-62-44(72)12-8-5-9-15-69-49(77)19-43(55(69)80)87-27-41(56(81)82)66-31(2)71/h4,6-7,10-11,17-18,20,31,33,40-41,43,66,71,84H,5,8-9,12-16,19,21-27,29H2,1-3H3,(H5-,62,63,64,65,67,72,73,74,75,78,81,82)/p+1/t31?,33?,40-,41-,43?,58-/m0/s1. The fourth-order valence-corrected chi connectivity index (χ4v) is 11.9. The number of carbonyl (C=O) groups excluding carboxylic acids is 9. The summed E-state index contributed by atoms with van der Waals surface area (Å²) in [6.45, 7) is 0.187. The van der Waals surface area contributed by atoms with Gasteiger partial charge in [-0.15, -0.1) is 11.8 Å². The number of ether oxygens (including phenoxy) is 2. The number of rotatable bonds is 27. The Morgan fingerprint density at radius 1 is 0.954 bits per heavy atom. The van der Waals surface area contributed by atoms with E-state index in [0.29, 0.717) is 71.0 Å². The molecule has 5 heterocycles. The molecule has 8 rings (SSSR count). The maximum Gasteiger partial charge on any atom is 0.363 e. The van der Waals surface area contributed by atoms with Gasteiger partial charge in [0.25, 0.3) is 18.5 Å². The van der Waals surface area contributed by atoms with E-state index >= 15 is 4.39 Å². The summed E-state index contributed by atoms with van der Waals surface area (Å²) in [6, 6.07) is 11.5. The zero-order valence-corrected chi connectivity index (χ0v) is 48.5. The number of aliphatic hydroxyl groups is 2. The van der Waals surface area contributed by atoms with Crippen molar-refractivity contribution in [3.63, 3.8) is 0 Å². The Kier molecular flexibility index (Phi) is 21.1. The van der Waals surface area contributed by atoms with E-state index < -0.39 is 139 Å². The average Bonchev–Trinajstić information content (AvgIpc) is 1.70. The molecule has 27 nitrogen and oxygen atoms in total. The van der Waals surface area contributed by atoms with Gasteiger partial charge in [-0.3, -0.25) is 58.2 Å². The predicted octanol–water partition coefficient (Wildman–Crippen LogP) is -0.324. The zero-order chi connectivity index (χ0) is 62.7. The topological polar surface area (TPSA) is 377 Å². The van der Waals surface area contributed by atoms with Crippen LogP contribution >= 0.6 is 11.8 Å². The summed E-state index contributed by atoms with van der Waals surface area (Å²) in [7, 11) is 1.30. The Balaban J connectivity index is 0.763. The largest absolute Gasteiger partial charge is 0.480 e. The Hall–Kier alpha value is -8.82. The molecule has 29 heteroatoms. The number of hydrogen-bond acceptors (Lipinski definition) is 18. The number of carbonyl (C=O) groups is 10. The van der Waals surface area contributed by atoms with Gasteiger partial charge in [0.1, 0.15) is 44.1 Å². The Bertz CT molecular complexity index is 3590. The van der Waals surface area contributed by atoms with Crippen LogP contribution < -0.4 is 37.5 Å². The molecule has 4 aromatic rings. The van der Waals surface area contributed by atoms with Crippen LogP contribution in [-0.4, -0.2) is 171 Å².